The Morgan fingerprint density at radius 1 is 1.42 bits per heavy atom. The number of unbranched alkanes of at least 4 members (excludes halogenated alkanes) is 1. The van der Waals surface area contributed by atoms with Gasteiger partial charge in [0.1, 0.15) is 5.56 Å². The Morgan fingerprint density at radius 2 is 2.23 bits per heavy atom. The van der Waals surface area contributed by atoms with Crippen LogP contribution in [0.1, 0.15) is 43.0 Å². The molecule has 0 saturated carbocycles. The lowest BCUT2D eigenvalue weighted by Crippen LogP contribution is -2.35. The maximum absolute atomic E-state index is 12.3. The Kier molecular flexibility index (Phi) is 7.68. The molecule has 26 heavy (non-hydrogen) atoms. The first-order valence-corrected chi connectivity index (χ1v) is 9.00. The van der Waals surface area contributed by atoms with Crippen molar-refractivity contribution in [3.05, 3.63) is 23.9 Å². The third kappa shape index (κ3) is 7.19. The number of carbonyl (C=O) groups is 1. The summed E-state index contributed by atoms with van der Waals surface area (Å²) in [5.74, 6) is -0.0318. The van der Waals surface area contributed by atoms with Gasteiger partial charge in [-0.3, -0.25) is 4.79 Å². The number of alkyl halides is 3. The lowest BCUT2D eigenvalue weighted by Gasteiger charge is -2.30. The van der Waals surface area contributed by atoms with E-state index in [9.17, 15) is 18.0 Å². The van der Waals surface area contributed by atoms with Crippen molar-refractivity contribution in [3.63, 3.8) is 0 Å². The fraction of sp³-hybridized carbons (Fsp3) is 0.667. The van der Waals surface area contributed by atoms with Crippen LogP contribution in [0.5, 0.6) is 5.88 Å². The van der Waals surface area contributed by atoms with E-state index in [0.717, 1.165) is 38.4 Å². The van der Waals surface area contributed by atoms with Gasteiger partial charge < -0.3 is 15.0 Å². The molecule has 1 amide bonds. The molecule has 0 aliphatic carbocycles. The van der Waals surface area contributed by atoms with Crippen LogP contribution >= 0.6 is 0 Å². The number of aromatic nitrogens is 1. The molecule has 1 atom stereocenters. The number of likely N-dealkylation sites (tertiary alicyclic amines) is 1. The number of nitrogens with zero attached hydrogens (tertiary/aromatic N) is 2. The summed E-state index contributed by atoms with van der Waals surface area (Å²) in [4.78, 5) is 18.3. The molecule has 0 radical (unpaired) electrons. The van der Waals surface area contributed by atoms with Gasteiger partial charge in [-0.05, 0) is 56.8 Å². The average Bonchev–Trinajstić information content (AvgIpc) is 2.59. The quantitative estimate of drug-likeness (QED) is 0.711. The summed E-state index contributed by atoms with van der Waals surface area (Å²) >= 11 is 0. The largest absolute Gasteiger partial charge is 0.467 e. The standard InChI is InChI=1S/C18H26F3N3O2/c1-14-6-5-11-24(12-14)10-3-2-8-22-16(25)15-7-4-9-23-17(15)26-13-18(19,20)21/h4,7,9,14H,2-3,5-6,8,10-13H2,1H3,(H,22,25)/t14-/m1/s1. The molecule has 5 nitrogen and oxygen atoms in total. The number of hydrogen-bond donors (Lipinski definition) is 1. The van der Waals surface area contributed by atoms with Crippen molar-refractivity contribution in [2.75, 3.05) is 32.8 Å². The van der Waals surface area contributed by atoms with Gasteiger partial charge in [-0.2, -0.15) is 13.2 Å². The zero-order chi connectivity index (χ0) is 19.0. The predicted octanol–water partition coefficient (Wildman–Crippen LogP) is 3.26. The van der Waals surface area contributed by atoms with Gasteiger partial charge >= 0.3 is 6.18 Å². The van der Waals surface area contributed by atoms with E-state index in [1.807, 2.05) is 0 Å². The molecule has 0 aromatic carbocycles. The van der Waals surface area contributed by atoms with E-state index in [1.54, 1.807) is 0 Å². The lowest BCUT2D eigenvalue weighted by molar-refractivity contribution is -0.154. The van der Waals surface area contributed by atoms with Crippen LogP contribution < -0.4 is 10.1 Å². The van der Waals surface area contributed by atoms with Crippen molar-refractivity contribution in [2.45, 2.75) is 38.8 Å². The molecule has 0 bridgehead atoms. The first-order chi connectivity index (χ1) is 12.3. The molecule has 1 saturated heterocycles. The van der Waals surface area contributed by atoms with Crippen LogP contribution in [-0.2, 0) is 0 Å². The molecule has 2 heterocycles. The SMILES string of the molecule is C[C@@H]1CCCN(CCCCNC(=O)c2cccnc2OCC(F)(F)F)C1. The highest BCUT2D eigenvalue weighted by Gasteiger charge is 2.29. The van der Waals surface area contributed by atoms with Crippen LogP contribution in [0.3, 0.4) is 0 Å². The third-order valence-electron chi connectivity index (χ3n) is 4.32. The normalized spacial score (nSPS) is 18.5. The van der Waals surface area contributed by atoms with Crippen molar-refractivity contribution >= 4 is 5.91 Å². The van der Waals surface area contributed by atoms with Crippen LogP contribution in [0, 0.1) is 5.92 Å². The summed E-state index contributed by atoms with van der Waals surface area (Å²) in [5.41, 5.74) is 0.0154. The Balaban J connectivity index is 1.72. The zero-order valence-corrected chi connectivity index (χ0v) is 15.0. The molecule has 1 aromatic rings. The average molecular weight is 373 g/mol. The second-order valence-corrected chi connectivity index (χ2v) is 6.77. The van der Waals surface area contributed by atoms with Gasteiger partial charge in [0, 0.05) is 19.3 Å². The molecular formula is C18H26F3N3O2. The fourth-order valence-corrected chi connectivity index (χ4v) is 3.08. The Morgan fingerprint density at radius 3 is 2.96 bits per heavy atom. The molecule has 2 rings (SSSR count). The smallest absolute Gasteiger partial charge is 0.422 e. The topological polar surface area (TPSA) is 54.5 Å². The van der Waals surface area contributed by atoms with E-state index >= 15 is 0 Å². The van der Waals surface area contributed by atoms with E-state index in [2.05, 4.69) is 26.9 Å². The van der Waals surface area contributed by atoms with Gasteiger partial charge in [-0.25, -0.2) is 4.98 Å². The van der Waals surface area contributed by atoms with E-state index in [0.29, 0.717) is 6.54 Å². The van der Waals surface area contributed by atoms with Crippen LogP contribution in [-0.4, -0.2) is 54.8 Å². The highest BCUT2D eigenvalue weighted by Crippen LogP contribution is 2.20. The molecule has 8 heteroatoms. The van der Waals surface area contributed by atoms with Gasteiger partial charge in [-0.1, -0.05) is 6.92 Å². The second-order valence-electron chi connectivity index (χ2n) is 6.77. The molecule has 0 unspecified atom stereocenters. The highest BCUT2D eigenvalue weighted by atomic mass is 19.4. The van der Waals surface area contributed by atoms with Crippen LogP contribution in [0.2, 0.25) is 0 Å². The number of amides is 1. The molecule has 146 valence electrons. The molecule has 0 spiro atoms. The van der Waals surface area contributed by atoms with Gasteiger partial charge in [0.2, 0.25) is 5.88 Å². The monoisotopic (exact) mass is 373 g/mol. The summed E-state index contributed by atoms with van der Waals surface area (Å²) in [7, 11) is 0. The van der Waals surface area contributed by atoms with Crippen LogP contribution in [0.4, 0.5) is 13.2 Å². The summed E-state index contributed by atoms with van der Waals surface area (Å²) < 4.78 is 41.5. The first kappa shape index (κ1) is 20.5. The fourth-order valence-electron chi connectivity index (χ4n) is 3.08. The van der Waals surface area contributed by atoms with E-state index < -0.39 is 18.7 Å². The van der Waals surface area contributed by atoms with Crippen molar-refractivity contribution in [1.82, 2.24) is 15.2 Å². The second kappa shape index (κ2) is 9.75. The van der Waals surface area contributed by atoms with E-state index in [1.165, 1.54) is 31.2 Å². The minimum absolute atomic E-state index is 0.0154. The summed E-state index contributed by atoms with van der Waals surface area (Å²) in [6.07, 6.45) is 1.13. The summed E-state index contributed by atoms with van der Waals surface area (Å²) in [6, 6.07) is 2.90. The summed E-state index contributed by atoms with van der Waals surface area (Å²) in [5, 5.41) is 2.72. The van der Waals surface area contributed by atoms with Crippen molar-refractivity contribution in [2.24, 2.45) is 5.92 Å². The number of rotatable bonds is 8. The minimum atomic E-state index is -4.47. The third-order valence-corrected chi connectivity index (χ3v) is 4.32. The molecule has 1 fully saturated rings. The Labute approximate surface area is 151 Å². The predicted molar refractivity (Wildman–Crippen MR) is 92.2 cm³/mol. The number of nitrogens with one attached hydrogen (secondary N) is 1. The highest BCUT2D eigenvalue weighted by molar-refractivity contribution is 5.96. The molecule has 1 aliphatic rings. The molecule has 1 N–H and O–H groups in total. The first-order valence-electron chi connectivity index (χ1n) is 9.00. The van der Waals surface area contributed by atoms with Gasteiger partial charge in [0.15, 0.2) is 6.61 Å². The van der Waals surface area contributed by atoms with Crippen molar-refractivity contribution in [3.8, 4) is 5.88 Å². The van der Waals surface area contributed by atoms with Gasteiger partial charge in [0.25, 0.3) is 5.91 Å². The number of pyridine rings is 1. The van der Waals surface area contributed by atoms with Crippen molar-refractivity contribution in [1.29, 1.82) is 0 Å². The maximum atomic E-state index is 12.3. The molecule has 1 aliphatic heterocycles. The maximum Gasteiger partial charge on any atom is 0.422 e. The van der Waals surface area contributed by atoms with Crippen molar-refractivity contribution < 1.29 is 22.7 Å². The lowest BCUT2D eigenvalue weighted by atomic mass is 10.0. The van der Waals surface area contributed by atoms with Gasteiger partial charge in [0.05, 0.1) is 0 Å². The molecule has 1 aromatic heterocycles. The number of piperidine rings is 1. The number of hydrogen-bond acceptors (Lipinski definition) is 4. The number of carbonyl (C=O) groups excluding carboxylic acids is 1. The van der Waals surface area contributed by atoms with Crippen LogP contribution in [0.15, 0.2) is 18.3 Å². The number of halogens is 3. The summed E-state index contributed by atoms with van der Waals surface area (Å²) in [6.45, 7) is 4.52. The molecular weight excluding hydrogens is 347 g/mol. The van der Waals surface area contributed by atoms with Crippen LogP contribution in [0.25, 0.3) is 0 Å². The number of ether oxygens (including phenoxy) is 1. The van der Waals surface area contributed by atoms with E-state index in [-0.39, 0.29) is 11.4 Å². The zero-order valence-electron chi connectivity index (χ0n) is 15.0. The Hall–Kier alpha value is -1.83. The van der Waals surface area contributed by atoms with Gasteiger partial charge in [-0.15, -0.1) is 0 Å². The van der Waals surface area contributed by atoms with E-state index in [4.69, 9.17) is 0 Å². The minimum Gasteiger partial charge on any atom is -0.467 e. The Bertz CT molecular complexity index is 581.